The van der Waals surface area contributed by atoms with Crippen molar-refractivity contribution in [2.75, 3.05) is 22.7 Å². The lowest BCUT2D eigenvalue weighted by atomic mass is 10.00. The molecule has 0 radical (unpaired) electrons. The molecule has 1 fully saturated rings. The van der Waals surface area contributed by atoms with Crippen LogP contribution in [0.25, 0.3) is 0 Å². The number of hydrogen-bond donors (Lipinski definition) is 1. The number of pyridine rings is 1. The Labute approximate surface area is 142 Å². The largest absolute Gasteiger partial charge is 0.370 e. The first-order valence-corrected chi connectivity index (χ1v) is 9.52. The molecule has 3 rings (SSSR count). The summed E-state index contributed by atoms with van der Waals surface area (Å²) in [4.78, 5) is 6.60. The van der Waals surface area contributed by atoms with Crippen LogP contribution in [0, 0.1) is 19.8 Å². The normalized spacial score (nSPS) is 18.6. The van der Waals surface area contributed by atoms with Crippen molar-refractivity contribution in [3.05, 3.63) is 29.8 Å². The molecular weight excluding hydrogens is 328 g/mol. The van der Waals surface area contributed by atoms with E-state index in [1.807, 2.05) is 6.07 Å². The zero-order valence-electron chi connectivity index (χ0n) is 14.1. The smallest absolute Gasteiger partial charge is 0.268 e. The van der Waals surface area contributed by atoms with Crippen molar-refractivity contribution in [2.45, 2.75) is 38.5 Å². The van der Waals surface area contributed by atoms with Gasteiger partial charge in [0.1, 0.15) is 11.5 Å². The zero-order chi connectivity index (χ0) is 17.3. The molecule has 0 spiro atoms. The van der Waals surface area contributed by atoms with Gasteiger partial charge in [-0.05, 0) is 44.7 Å². The average molecular weight is 350 g/mol. The molecule has 8 heteroatoms. The third-order valence-corrected chi connectivity index (χ3v) is 5.84. The highest BCUT2D eigenvalue weighted by molar-refractivity contribution is 7.92. The predicted octanol–water partition coefficient (Wildman–Crippen LogP) is 2.72. The summed E-state index contributed by atoms with van der Waals surface area (Å²) in [6.07, 6.45) is 4.13. The highest BCUT2D eigenvalue weighted by Crippen LogP contribution is 2.25. The van der Waals surface area contributed by atoms with E-state index in [-0.39, 0.29) is 16.5 Å². The van der Waals surface area contributed by atoms with Crippen molar-refractivity contribution in [2.24, 2.45) is 5.92 Å². The van der Waals surface area contributed by atoms with Gasteiger partial charge in [-0.15, -0.1) is 0 Å². The Morgan fingerprint density at radius 1 is 1.33 bits per heavy atom. The summed E-state index contributed by atoms with van der Waals surface area (Å²) >= 11 is 0. The summed E-state index contributed by atoms with van der Waals surface area (Å²) in [6.45, 7) is 7.43. The number of piperidine rings is 1. The number of hydrogen-bond acceptors (Lipinski definition) is 6. The summed E-state index contributed by atoms with van der Waals surface area (Å²) < 4.78 is 32.4. The van der Waals surface area contributed by atoms with Crippen LogP contribution in [0.5, 0.6) is 0 Å². The lowest BCUT2D eigenvalue weighted by Crippen LogP contribution is -2.34. The molecule has 1 aliphatic rings. The Bertz CT molecular complexity index is 795. The molecule has 1 atom stereocenters. The van der Waals surface area contributed by atoms with Crippen LogP contribution in [0.2, 0.25) is 0 Å². The molecule has 0 aliphatic carbocycles. The van der Waals surface area contributed by atoms with Gasteiger partial charge >= 0.3 is 0 Å². The van der Waals surface area contributed by atoms with Gasteiger partial charge in [0.2, 0.25) is 0 Å². The molecular formula is C16H22N4O3S. The molecule has 24 heavy (non-hydrogen) atoms. The second-order valence-corrected chi connectivity index (χ2v) is 7.97. The molecule has 1 saturated heterocycles. The highest BCUT2D eigenvalue weighted by Gasteiger charge is 2.25. The van der Waals surface area contributed by atoms with Crippen LogP contribution in [0.1, 0.15) is 31.2 Å². The lowest BCUT2D eigenvalue weighted by Gasteiger charge is -2.32. The van der Waals surface area contributed by atoms with Crippen LogP contribution in [0.3, 0.4) is 0 Å². The summed E-state index contributed by atoms with van der Waals surface area (Å²) in [6, 6.07) is 3.58. The van der Waals surface area contributed by atoms with Gasteiger partial charge < -0.3 is 9.42 Å². The van der Waals surface area contributed by atoms with E-state index in [2.05, 4.69) is 26.7 Å². The number of rotatable bonds is 4. The molecule has 3 heterocycles. The number of anilines is 2. The Morgan fingerprint density at radius 3 is 2.71 bits per heavy atom. The highest BCUT2D eigenvalue weighted by atomic mass is 32.2. The maximum absolute atomic E-state index is 12.5. The first-order valence-electron chi connectivity index (χ1n) is 8.03. The van der Waals surface area contributed by atoms with Crippen LogP contribution in [-0.4, -0.2) is 31.6 Å². The first-order chi connectivity index (χ1) is 11.4. The second-order valence-electron chi connectivity index (χ2n) is 6.35. The van der Waals surface area contributed by atoms with Gasteiger partial charge in [0.25, 0.3) is 10.0 Å². The molecule has 2 aromatic heterocycles. The molecule has 7 nitrogen and oxygen atoms in total. The third-order valence-electron chi connectivity index (χ3n) is 4.25. The minimum Gasteiger partial charge on any atom is -0.370 e. The van der Waals surface area contributed by atoms with Gasteiger partial charge in [-0.2, -0.15) is 0 Å². The third kappa shape index (κ3) is 3.38. The minimum atomic E-state index is -3.76. The number of aromatic nitrogens is 2. The van der Waals surface area contributed by atoms with Crippen LogP contribution >= 0.6 is 0 Å². The van der Waals surface area contributed by atoms with Crippen LogP contribution in [-0.2, 0) is 10.0 Å². The number of nitrogens with one attached hydrogen (secondary N) is 1. The number of aryl methyl sites for hydroxylation is 2. The average Bonchev–Trinajstić information content (AvgIpc) is 2.87. The molecule has 0 saturated carbocycles. The topological polar surface area (TPSA) is 88.3 Å². The van der Waals surface area contributed by atoms with Gasteiger partial charge in [0, 0.05) is 13.1 Å². The quantitative estimate of drug-likeness (QED) is 0.912. The molecule has 2 aromatic rings. The summed E-state index contributed by atoms with van der Waals surface area (Å²) in [5.74, 6) is 1.21. The number of nitrogens with zero attached hydrogens (tertiary/aromatic N) is 3. The van der Waals surface area contributed by atoms with E-state index < -0.39 is 10.0 Å². The van der Waals surface area contributed by atoms with E-state index in [1.165, 1.54) is 12.8 Å². The van der Waals surface area contributed by atoms with Gasteiger partial charge in [0.05, 0.1) is 11.9 Å². The van der Waals surface area contributed by atoms with Crippen LogP contribution in [0.15, 0.2) is 27.7 Å². The molecule has 130 valence electrons. The van der Waals surface area contributed by atoms with Gasteiger partial charge in [-0.3, -0.25) is 4.72 Å². The summed E-state index contributed by atoms with van der Waals surface area (Å²) in [5.41, 5.74) is 1.35. The molecule has 1 aliphatic heterocycles. The summed E-state index contributed by atoms with van der Waals surface area (Å²) in [7, 11) is -3.76. The molecule has 0 aromatic carbocycles. The Balaban J connectivity index is 1.77. The molecule has 1 unspecified atom stereocenters. The van der Waals surface area contributed by atoms with Crippen LogP contribution < -0.4 is 9.62 Å². The van der Waals surface area contributed by atoms with Crippen molar-refractivity contribution in [3.63, 3.8) is 0 Å². The van der Waals surface area contributed by atoms with Crippen molar-refractivity contribution >= 4 is 21.5 Å². The van der Waals surface area contributed by atoms with Crippen molar-refractivity contribution in [3.8, 4) is 0 Å². The van der Waals surface area contributed by atoms with E-state index in [0.717, 1.165) is 18.8 Å². The lowest BCUT2D eigenvalue weighted by molar-refractivity contribution is 0.390. The summed E-state index contributed by atoms with van der Waals surface area (Å²) in [5, 5.41) is 3.69. The first kappa shape index (κ1) is 16.8. The Kier molecular flexibility index (Phi) is 4.49. The van der Waals surface area contributed by atoms with Gasteiger partial charge in [-0.25, -0.2) is 13.4 Å². The molecule has 1 N–H and O–H groups in total. The SMILES string of the molecule is Cc1noc(C)c1S(=O)(=O)Nc1ccc(N2CCCC(C)C2)cn1. The second kappa shape index (κ2) is 6.43. The fraction of sp³-hybridized carbons (Fsp3) is 0.500. The van der Waals surface area contributed by atoms with Crippen molar-refractivity contribution < 1.29 is 12.9 Å². The van der Waals surface area contributed by atoms with E-state index in [0.29, 0.717) is 11.6 Å². The Hall–Kier alpha value is -2.09. The minimum absolute atomic E-state index is 0.0678. The fourth-order valence-electron chi connectivity index (χ4n) is 3.10. The van der Waals surface area contributed by atoms with Gasteiger partial charge in [0.15, 0.2) is 10.7 Å². The van der Waals surface area contributed by atoms with E-state index >= 15 is 0 Å². The van der Waals surface area contributed by atoms with E-state index in [9.17, 15) is 8.42 Å². The fourth-order valence-corrected chi connectivity index (χ4v) is 4.44. The number of sulfonamides is 1. The van der Waals surface area contributed by atoms with Crippen LogP contribution in [0.4, 0.5) is 11.5 Å². The maximum atomic E-state index is 12.5. The van der Waals surface area contributed by atoms with Crippen molar-refractivity contribution in [1.29, 1.82) is 0 Å². The van der Waals surface area contributed by atoms with Gasteiger partial charge in [-0.1, -0.05) is 12.1 Å². The Morgan fingerprint density at radius 2 is 2.12 bits per heavy atom. The van der Waals surface area contributed by atoms with Crippen molar-refractivity contribution in [1.82, 2.24) is 10.1 Å². The van der Waals surface area contributed by atoms with E-state index in [4.69, 9.17) is 4.52 Å². The standard InChI is InChI=1S/C16H22N4O3S/c1-11-5-4-8-20(10-11)14-6-7-15(17-9-14)19-24(21,22)16-12(2)18-23-13(16)3/h6-7,9,11H,4-5,8,10H2,1-3H3,(H,17,19). The molecule has 0 bridgehead atoms. The predicted molar refractivity (Wildman–Crippen MR) is 91.6 cm³/mol. The zero-order valence-corrected chi connectivity index (χ0v) is 14.9. The van der Waals surface area contributed by atoms with E-state index in [1.54, 1.807) is 26.1 Å². The molecule has 0 amide bonds. The monoisotopic (exact) mass is 350 g/mol. The maximum Gasteiger partial charge on any atom is 0.268 e.